The number of nitrogens with zero attached hydrogens (tertiary/aromatic N) is 1. The van der Waals surface area contributed by atoms with Gasteiger partial charge in [0.2, 0.25) is 11.1 Å². The molecule has 8 nitrogen and oxygen atoms in total. The van der Waals surface area contributed by atoms with E-state index in [1.165, 1.54) is 6.07 Å². The minimum atomic E-state index is -0.790. The van der Waals surface area contributed by atoms with Crippen molar-refractivity contribution in [1.29, 1.82) is 0 Å². The average molecular weight is 424 g/mol. The van der Waals surface area contributed by atoms with E-state index in [0.29, 0.717) is 16.9 Å². The van der Waals surface area contributed by atoms with Crippen LogP contribution >= 0.6 is 0 Å². The predicted octanol–water partition coefficient (Wildman–Crippen LogP) is 4.74. The molecular formula is C23H24N2O6. The van der Waals surface area contributed by atoms with Crippen molar-refractivity contribution in [3.63, 3.8) is 0 Å². The van der Waals surface area contributed by atoms with Crippen LogP contribution in [0.5, 0.6) is 0 Å². The van der Waals surface area contributed by atoms with Crippen LogP contribution in [0.25, 0.3) is 22.1 Å². The largest absolute Gasteiger partial charge is 0.462 e. The fourth-order valence-corrected chi connectivity index (χ4v) is 3.33. The first kappa shape index (κ1) is 20.8. The highest BCUT2D eigenvalue weighted by molar-refractivity contribution is 6.02. The zero-order valence-corrected chi connectivity index (χ0v) is 17.9. The van der Waals surface area contributed by atoms with Crippen LogP contribution in [0.15, 0.2) is 33.5 Å². The number of benzene rings is 1. The topological polar surface area (TPSA) is 108 Å². The van der Waals surface area contributed by atoms with Gasteiger partial charge >= 0.3 is 12.1 Å². The summed E-state index contributed by atoms with van der Waals surface area (Å²) in [5.41, 5.74) is 0.414. The van der Waals surface area contributed by atoms with Crippen LogP contribution in [-0.2, 0) is 9.47 Å². The van der Waals surface area contributed by atoms with Crippen LogP contribution in [0.4, 0.5) is 10.6 Å². The molecule has 0 radical (unpaired) electrons. The Bertz CT molecular complexity index is 1250. The van der Waals surface area contributed by atoms with Crippen molar-refractivity contribution in [2.45, 2.75) is 52.1 Å². The quantitative estimate of drug-likeness (QED) is 0.476. The highest BCUT2D eigenvalue weighted by Gasteiger charge is 2.26. The van der Waals surface area contributed by atoms with Crippen LogP contribution in [0.1, 0.15) is 62.4 Å². The van der Waals surface area contributed by atoms with Gasteiger partial charge in [0.25, 0.3) is 0 Å². The molecule has 0 bridgehead atoms. The molecule has 3 aromatic rings. The molecule has 1 aromatic carbocycles. The zero-order valence-electron chi connectivity index (χ0n) is 17.9. The minimum Gasteiger partial charge on any atom is -0.462 e. The number of anilines is 1. The third-order valence-electron chi connectivity index (χ3n) is 4.85. The molecule has 1 N–H and O–H groups in total. The number of pyridine rings is 1. The lowest BCUT2D eigenvalue weighted by molar-refractivity contribution is 0.0527. The highest BCUT2D eigenvalue weighted by atomic mass is 16.6. The summed E-state index contributed by atoms with van der Waals surface area (Å²) in [6.45, 7) is 6.93. The van der Waals surface area contributed by atoms with Gasteiger partial charge in [-0.15, -0.1) is 0 Å². The predicted molar refractivity (Wildman–Crippen MR) is 116 cm³/mol. The highest BCUT2D eigenvalue weighted by Crippen LogP contribution is 2.40. The summed E-state index contributed by atoms with van der Waals surface area (Å²) in [5.74, 6) is -0.334. The molecule has 0 spiro atoms. The van der Waals surface area contributed by atoms with Gasteiger partial charge < -0.3 is 13.9 Å². The lowest BCUT2D eigenvalue weighted by Crippen LogP contribution is -2.28. The van der Waals surface area contributed by atoms with E-state index >= 15 is 0 Å². The molecule has 1 fully saturated rings. The van der Waals surface area contributed by atoms with Crippen molar-refractivity contribution in [3.8, 4) is 0 Å². The SMILES string of the molecule is CCOC(=O)c1cc2c(=O)c3cc(C4CC4)ccc3oc2nc1NC(=O)OC(C)(C)C. The Kier molecular flexibility index (Phi) is 5.16. The van der Waals surface area contributed by atoms with Gasteiger partial charge in [0, 0.05) is 0 Å². The van der Waals surface area contributed by atoms with E-state index < -0.39 is 17.7 Å². The molecule has 2 heterocycles. The van der Waals surface area contributed by atoms with E-state index in [0.717, 1.165) is 18.4 Å². The van der Waals surface area contributed by atoms with E-state index in [1.54, 1.807) is 33.8 Å². The molecule has 0 aliphatic heterocycles. The van der Waals surface area contributed by atoms with Crippen molar-refractivity contribution in [3.05, 3.63) is 45.6 Å². The van der Waals surface area contributed by atoms with E-state index in [1.807, 2.05) is 12.1 Å². The lowest BCUT2D eigenvalue weighted by atomic mass is 10.1. The van der Waals surface area contributed by atoms with Crippen LogP contribution in [0, 0.1) is 0 Å². The molecule has 0 unspecified atom stereocenters. The van der Waals surface area contributed by atoms with Crippen molar-refractivity contribution >= 4 is 39.9 Å². The first-order chi connectivity index (χ1) is 14.7. The molecule has 1 saturated carbocycles. The summed E-state index contributed by atoms with van der Waals surface area (Å²) in [7, 11) is 0. The van der Waals surface area contributed by atoms with Gasteiger partial charge in [-0.2, -0.15) is 4.98 Å². The van der Waals surface area contributed by atoms with Crippen LogP contribution < -0.4 is 10.7 Å². The molecule has 162 valence electrons. The summed E-state index contributed by atoms with van der Waals surface area (Å²) < 4.78 is 16.2. The van der Waals surface area contributed by atoms with Gasteiger partial charge in [-0.25, -0.2) is 9.59 Å². The smallest absolute Gasteiger partial charge is 0.413 e. The summed E-state index contributed by atoms with van der Waals surface area (Å²) in [4.78, 5) is 42.2. The van der Waals surface area contributed by atoms with E-state index in [4.69, 9.17) is 13.9 Å². The number of rotatable bonds is 4. The maximum atomic E-state index is 13.2. The normalized spacial score (nSPS) is 13.9. The Morgan fingerprint density at radius 3 is 2.58 bits per heavy atom. The van der Waals surface area contributed by atoms with Crippen LogP contribution in [0.3, 0.4) is 0 Å². The fourth-order valence-electron chi connectivity index (χ4n) is 3.33. The number of nitrogens with one attached hydrogen (secondary N) is 1. The van der Waals surface area contributed by atoms with E-state index in [9.17, 15) is 14.4 Å². The van der Waals surface area contributed by atoms with Crippen LogP contribution in [-0.4, -0.2) is 29.3 Å². The van der Waals surface area contributed by atoms with Crippen molar-refractivity contribution in [1.82, 2.24) is 4.98 Å². The van der Waals surface area contributed by atoms with E-state index in [2.05, 4.69) is 10.3 Å². The van der Waals surface area contributed by atoms with Crippen molar-refractivity contribution < 1.29 is 23.5 Å². The molecule has 0 atom stereocenters. The average Bonchev–Trinajstić information content (AvgIpc) is 3.51. The number of amides is 1. The Balaban J connectivity index is 1.85. The third-order valence-corrected chi connectivity index (χ3v) is 4.85. The second kappa shape index (κ2) is 7.68. The van der Waals surface area contributed by atoms with Gasteiger partial charge in [0.15, 0.2) is 5.82 Å². The van der Waals surface area contributed by atoms with Crippen molar-refractivity contribution in [2.75, 3.05) is 11.9 Å². The Morgan fingerprint density at radius 2 is 1.94 bits per heavy atom. The molecule has 1 aliphatic carbocycles. The number of ether oxygens (including phenoxy) is 2. The van der Waals surface area contributed by atoms with Gasteiger partial charge in [-0.1, -0.05) is 6.07 Å². The number of fused-ring (bicyclic) bond motifs is 2. The summed E-state index contributed by atoms with van der Waals surface area (Å²) in [5, 5.41) is 3.03. The molecule has 2 aromatic heterocycles. The molecule has 1 aliphatic rings. The second-order valence-corrected chi connectivity index (χ2v) is 8.55. The maximum absolute atomic E-state index is 13.2. The first-order valence-electron chi connectivity index (χ1n) is 10.2. The molecule has 8 heteroatoms. The first-order valence-corrected chi connectivity index (χ1v) is 10.2. The second-order valence-electron chi connectivity index (χ2n) is 8.55. The number of hydrogen-bond donors (Lipinski definition) is 1. The molecule has 0 saturated heterocycles. The van der Waals surface area contributed by atoms with Gasteiger partial charge in [-0.05, 0) is 70.2 Å². The Morgan fingerprint density at radius 1 is 1.19 bits per heavy atom. The summed E-state index contributed by atoms with van der Waals surface area (Å²) in [6, 6.07) is 6.89. The lowest BCUT2D eigenvalue weighted by Gasteiger charge is -2.20. The number of hydrogen-bond acceptors (Lipinski definition) is 7. The number of esters is 1. The summed E-state index contributed by atoms with van der Waals surface area (Å²) >= 11 is 0. The molecule has 4 rings (SSSR count). The van der Waals surface area contributed by atoms with Gasteiger partial charge in [0.1, 0.15) is 16.7 Å². The Hall–Kier alpha value is -3.42. The number of aromatic nitrogens is 1. The van der Waals surface area contributed by atoms with E-state index in [-0.39, 0.29) is 34.5 Å². The van der Waals surface area contributed by atoms with Crippen molar-refractivity contribution in [2.24, 2.45) is 0 Å². The standard InChI is InChI=1S/C23H24N2O6/c1-5-29-21(27)16-11-15-18(26)14-10-13(12-6-7-12)8-9-17(14)30-20(15)24-19(16)25-22(28)31-23(2,3)4/h8-12H,5-7H2,1-4H3,(H,24,25,28). The number of carbonyl (C=O) groups is 2. The molecule has 31 heavy (non-hydrogen) atoms. The Labute approximate surface area is 178 Å². The fraction of sp³-hybridized carbons (Fsp3) is 0.391. The van der Waals surface area contributed by atoms with Gasteiger partial charge in [0.05, 0.1) is 17.4 Å². The molecular weight excluding hydrogens is 400 g/mol. The van der Waals surface area contributed by atoms with Gasteiger partial charge in [-0.3, -0.25) is 10.1 Å². The minimum absolute atomic E-state index is 0.00998. The monoisotopic (exact) mass is 424 g/mol. The number of carbonyl (C=O) groups excluding carboxylic acids is 2. The maximum Gasteiger partial charge on any atom is 0.413 e. The summed E-state index contributed by atoms with van der Waals surface area (Å²) in [6.07, 6.45) is 1.43. The third kappa shape index (κ3) is 4.38. The molecule has 1 amide bonds. The zero-order chi connectivity index (χ0) is 22.3. The van der Waals surface area contributed by atoms with Crippen LogP contribution in [0.2, 0.25) is 0 Å².